The monoisotopic (exact) mass is 364 g/mol. The highest BCUT2D eigenvalue weighted by Gasteiger charge is 2.31. The molecule has 1 saturated heterocycles. The van der Waals surface area contributed by atoms with E-state index in [9.17, 15) is 14.3 Å². The van der Waals surface area contributed by atoms with Gasteiger partial charge in [-0.3, -0.25) is 14.7 Å². The van der Waals surface area contributed by atoms with Crippen LogP contribution in [0.25, 0.3) is 10.8 Å². The Morgan fingerprint density at radius 3 is 2.81 bits per heavy atom. The van der Waals surface area contributed by atoms with Crippen molar-refractivity contribution in [2.45, 2.75) is 18.9 Å². The molecule has 2 heterocycles. The summed E-state index contributed by atoms with van der Waals surface area (Å²) in [5.41, 5.74) is 1.87. The lowest BCUT2D eigenvalue weighted by molar-refractivity contribution is -0.143. The van der Waals surface area contributed by atoms with E-state index in [0.717, 1.165) is 34.9 Å². The number of piperidine rings is 1. The summed E-state index contributed by atoms with van der Waals surface area (Å²) in [7, 11) is 0. The Balaban J connectivity index is 1.78. The first kappa shape index (κ1) is 17.6. The molecule has 1 aliphatic rings. The normalized spacial score (nSPS) is 19.1. The lowest BCUT2D eigenvalue weighted by Gasteiger charge is -2.37. The molecule has 0 saturated carbocycles. The third-order valence-corrected chi connectivity index (χ3v) is 5.31. The molecule has 0 bridgehead atoms. The number of hydrogen-bond acceptors (Lipinski definition) is 3. The second kappa shape index (κ2) is 7.45. The molecule has 5 heteroatoms. The number of hydrogen-bond donors (Lipinski definition) is 1. The van der Waals surface area contributed by atoms with Gasteiger partial charge in [0, 0.05) is 24.3 Å². The molecule has 0 aliphatic carbocycles. The summed E-state index contributed by atoms with van der Waals surface area (Å²) in [6, 6.07) is 14.5. The minimum atomic E-state index is -0.762. The Morgan fingerprint density at radius 1 is 1.15 bits per heavy atom. The van der Waals surface area contributed by atoms with Gasteiger partial charge in [-0.1, -0.05) is 24.3 Å². The number of fused-ring (bicyclic) bond motifs is 1. The van der Waals surface area contributed by atoms with Gasteiger partial charge in [0.25, 0.3) is 0 Å². The minimum Gasteiger partial charge on any atom is -0.481 e. The fourth-order valence-electron chi connectivity index (χ4n) is 4.01. The first-order chi connectivity index (χ1) is 13.1. The molecule has 2 aromatic carbocycles. The molecule has 2 atom stereocenters. The van der Waals surface area contributed by atoms with Crippen molar-refractivity contribution in [2.24, 2.45) is 5.92 Å². The summed E-state index contributed by atoms with van der Waals surface area (Å²) in [5.74, 6) is -1.43. The van der Waals surface area contributed by atoms with E-state index in [-0.39, 0.29) is 17.8 Å². The first-order valence-electron chi connectivity index (χ1n) is 9.18. The number of carboxylic acids is 1. The zero-order valence-corrected chi connectivity index (χ0v) is 14.9. The van der Waals surface area contributed by atoms with Crippen molar-refractivity contribution in [3.8, 4) is 0 Å². The highest BCUT2D eigenvalue weighted by atomic mass is 19.1. The summed E-state index contributed by atoms with van der Waals surface area (Å²) in [5, 5.41) is 11.6. The van der Waals surface area contributed by atoms with Crippen LogP contribution < -0.4 is 0 Å². The summed E-state index contributed by atoms with van der Waals surface area (Å²) in [4.78, 5) is 17.8. The number of halogens is 1. The van der Waals surface area contributed by atoms with Crippen LogP contribution in [-0.2, 0) is 4.79 Å². The predicted molar refractivity (Wildman–Crippen MR) is 102 cm³/mol. The number of carbonyl (C=O) groups is 1. The van der Waals surface area contributed by atoms with Crippen LogP contribution in [-0.4, -0.2) is 34.0 Å². The van der Waals surface area contributed by atoms with Gasteiger partial charge in [-0.25, -0.2) is 4.39 Å². The van der Waals surface area contributed by atoms with E-state index < -0.39 is 5.97 Å². The number of aliphatic carboxylic acids is 1. The maximum atomic E-state index is 13.9. The highest BCUT2D eigenvalue weighted by molar-refractivity contribution is 5.82. The van der Waals surface area contributed by atoms with Crippen molar-refractivity contribution in [3.63, 3.8) is 0 Å². The van der Waals surface area contributed by atoms with Gasteiger partial charge in [0.05, 0.1) is 12.0 Å². The molecule has 4 nitrogen and oxygen atoms in total. The summed E-state index contributed by atoms with van der Waals surface area (Å²) >= 11 is 0. The van der Waals surface area contributed by atoms with Crippen LogP contribution in [0, 0.1) is 11.7 Å². The molecule has 138 valence electrons. The average molecular weight is 364 g/mol. The Bertz CT molecular complexity index is 975. The van der Waals surface area contributed by atoms with Crippen molar-refractivity contribution < 1.29 is 14.3 Å². The third kappa shape index (κ3) is 3.69. The van der Waals surface area contributed by atoms with Crippen LogP contribution >= 0.6 is 0 Å². The van der Waals surface area contributed by atoms with Crippen LogP contribution in [0.1, 0.15) is 30.0 Å². The van der Waals surface area contributed by atoms with Crippen LogP contribution in [0.5, 0.6) is 0 Å². The summed E-state index contributed by atoms with van der Waals surface area (Å²) < 4.78 is 13.9. The average Bonchev–Trinajstić information content (AvgIpc) is 2.68. The molecule has 0 radical (unpaired) electrons. The molecule has 3 aromatic rings. The van der Waals surface area contributed by atoms with Gasteiger partial charge < -0.3 is 5.11 Å². The molecular weight excluding hydrogens is 343 g/mol. The first-order valence-corrected chi connectivity index (χ1v) is 9.18. The van der Waals surface area contributed by atoms with Crippen LogP contribution in [0.3, 0.4) is 0 Å². The van der Waals surface area contributed by atoms with Crippen LogP contribution in [0.4, 0.5) is 4.39 Å². The molecule has 27 heavy (non-hydrogen) atoms. The fourth-order valence-corrected chi connectivity index (χ4v) is 4.01. The van der Waals surface area contributed by atoms with Gasteiger partial charge in [-0.15, -0.1) is 0 Å². The number of rotatable bonds is 4. The maximum absolute atomic E-state index is 13.9. The minimum absolute atomic E-state index is 0.180. The molecule has 2 unspecified atom stereocenters. The van der Waals surface area contributed by atoms with Gasteiger partial charge in [0.15, 0.2) is 0 Å². The lowest BCUT2D eigenvalue weighted by atomic mass is 9.90. The van der Waals surface area contributed by atoms with Crippen molar-refractivity contribution >= 4 is 16.7 Å². The van der Waals surface area contributed by atoms with Crippen LogP contribution in [0.2, 0.25) is 0 Å². The summed E-state index contributed by atoms with van der Waals surface area (Å²) in [6.45, 7) is 1.25. The molecule has 4 rings (SSSR count). The Kier molecular flexibility index (Phi) is 4.86. The Labute approximate surface area is 157 Å². The SMILES string of the molecule is O=C(O)C1CCCN(C(c2cccc(F)c2)c2ccc3cnccc3c2)C1. The molecule has 0 spiro atoms. The second-order valence-corrected chi connectivity index (χ2v) is 7.11. The molecule has 1 fully saturated rings. The second-order valence-electron chi connectivity index (χ2n) is 7.11. The molecular formula is C22H21FN2O2. The number of likely N-dealkylation sites (tertiary alicyclic amines) is 1. The van der Waals surface area contributed by atoms with E-state index in [1.54, 1.807) is 18.3 Å². The molecule has 1 aliphatic heterocycles. The highest BCUT2D eigenvalue weighted by Crippen LogP contribution is 2.34. The summed E-state index contributed by atoms with van der Waals surface area (Å²) in [6.07, 6.45) is 5.08. The quantitative estimate of drug-likeness (QED) is 0.752. The van der Waals surface area contributed by atoms with Crippen molar-refractivity contribution in [3.05, 3.63) is 77.9 Å². The van der Waals surface area contributed by atoms with E-state index in [2.05, 4.69) is 16.0 Å². The Hall–Kier alpha value is -2.79. The topological polar surface area (TPSA) is 53.4 Å². The predicted octanol–water partition coefficient (Wildman–Crippen LogP) is 4.26. The molecule has 0 amide bonds. The third-order valence-electron chi connectivity index (χ3n) is 5.31. The zero-order valence-electron chi connectivity index (χ0n) is 14.9. The van der Waals surface area contributed by atoms with Crippen molar-refractivity contribution in [1.29, 1.82) is 0 Å². The number of nitrogens with zero attached hydrogens (tertiary/aromatic N) is 2. The largest absolute Gasteiger partial charge is 0.481 e. The van der Waals surface area contributed by atoms with E-state index in [0.29, 0.717) is 13.0 Å². The number of aromatic nitrogens is 1. The van der Waals surface area contributed by atoms with Gasteiger partial charge >= 0.3 is 5.97 Å². The molecule has 1 aromatic heterocycles. The number of carboxylic acid groups (broad SMARTS) is 1. The van der Waals surface area contributed by atoms with Gasteiger partial charge in [0.1, 0.15) is 5.82 Å². The fraction of sp³-hybridized carbons (Fsp3) is 0.273. The van der Waals surface area contributed by atoms with Gasteiger partial charge in [-0.2, -0.15) is 0 Å². The number of pyridine rings is 1. The van der Waals surface area contributed by atoms with Crippen molar-refractivity contribution in [1.82, 2.24) is 9.88 Å². The van der Waals surface area contributed by atoms with Gasteiger partial charge in [0.2, 0.25) is 0 Å². The Morgan fingerprint density at radius 2 is 2.00 bits per heavy atom. The smallest absolute Gasteiger partial charge is 0.307 e. The van der Waals surface area contributed by atoms with Crippen LogP contribution in [0.15, 0.2) is 60.9 Å². The van der Waals surface area contributed by atoms with E-state index in [1.807, 2.05) is 30.5 Å². The standard InChI is InChI=1S/C22H21FN2O2/c23-20-5-1-3-16(12-20)21(25-10-2-4-19(14-25)22(26)27)17-6-7-18-13-24-9-8-15(18)11-17/h1,3,5-9,11-13,19,21H,2,4,10,14H2,(H,26,27). The number of benzene rings is 2. The lowest BCUT2D eigenvalue weighted by Crippen LogP contribution is -2.41. The van der Waals surface area contributed by atoms with E-state index in [1.165, 1.54) is 6.07 Å². The maximum Gasteiger partial charge on any atom is 0.307 e. The zero-order chi connectivity index (χ0) is 18.8. The van der Waals surface area contributed by atoms with Crippen molar-refractivity contribution in [2.75, 3.05) is 13.1 Å². The van der Waals surface area contributed by atoms with E-state index in [4.69, 9.17) is 0 Å². The van der Waals surface area contributed by atoms with E-state index >= 15 is 0 Å². The van der Waals surface area contributed by atoms with Gasteiger partial charge in [-0.05, 0) is 60.2 Å². The molecule has 1 N–H and O–H groups in total.